The van der Waals surface area contributed by atoms with Gasteiger partial charge < -0.3 is 10.2 Å². The van der Waals surface area contributed by atoms with Gasteiger partial charge in [0.1, 0.15) is 12.6 Å². The number of hydrogen-bond donors (Lipinski definition) is 1. The lowest BCUT2D eigenvalue weighted by molar-refractivity contribution is -0.139. The third-order valence-corrected chi connectivity index (χ3v) is 7.86. The van der Waals surface area contributed by atoms with E-state index in [-0.39, 0.29) is 36.9 Å². The Kier molecular flexibility index (Phi) is 7.10. The summed E-state index contributed by atoms with van der Waals surface area (Å²) >= 11 is 3.45. The van der Waals surface area contributed by atoms with Gasteiger partial charge in [0, 0.05) is 28.0 Å². The first-order valence-corrected chi connectivity index (χ1v) is 13.4. The highest BCUT2D eigenvalue weighted by molar-refractivity contribution is 9.10. The van der Waals surface area contributed by atoms with Crippen molar-refractivity contribution in [2.45, 2.75) is 57.7 Å². The summed E-state index contributed by atoms with van der Waals surface area (Å²) in [6.45, 7) is 1.94. The molecular weight excluding hydrogens is 518 g/mol. The number of carbonyl (C=O) groups is 3. The van der Waals surface area contributed by atoms with E-state index >= 15 is 0 Å². The van der Waals surface area contributed by atoms with Crippen molar-refractivity contribution in [1.82, 2.24) is 10.2 Å². The van der Waals surface area contributed by atoms with Gasteiger partial charge in [-0.05, 0) is 55.0 Å². The van der Waals surface area contributed by atoms with Crippen LogP contribution in [0.3, 0.4) is 0 Å². The molecule has 1 N–H and O–H groups in total. The lowest BCUT2D eigenvalue weighted by atomic mass is 9.95. The number of rotatable bonds is 7. The van der Waals surface area contributed by atoms with E-state index in [1.54, 1.807) is 22.8 Å². The molecule has 7 heteroatoms. The zero-order valence-electron chi connectivity index (χ0n) is 20.4. The zero-order chi connectivity index (χ0) is 25.2. The van der Waals surface area contributed by atoms with Crippen LogP contribution in [0.4, 0.5) is 5.69 Å². The monoisotopic (exact) mass is 547 g/mol. The quantitative estimate of drug-likeness (QED) is 0.428. The number of carbonyl (C=O) groups excluding carboxylic acids is 3. The summed E-state index contributed by atoms with van der Waals surface area (Å²) in [5.41, 5.74) is 2.27. The smallest absolute Gasteiger partial charge is 0.259 e. The first kappa shape index (κ1) is 24.5. The van der Waals surface area contributed by atoms with Gasteiger partial charge in [-0.2, -0.15) is 0 Å². The normalized spacial score (nSPS) is 16.3. The van der Waals surface area contributed by atoms with Crippen molar-refractivity contribution >= 4 is 50.1 Å². The van der Waals surface area contributed by atoms with E-state index in [1.807, 2.05) is 54.6 Å². The highest BCUT2D eigenvalue weighted by atomic mass is 79.9. The van der Waals surface area contributed by atoms with Crippen LogP contribution in [0.2, 0.25) is 0 Å². The van der Waals surface area contributed by atoms with Crippen LogP contribution in [-0.2, 0) is 16.1 Å². The molecule has 1 atom stereocenters. The van der Waals surface area contributed by atoms with Crippen LogP contribution in [0, 0.1) is 0 Å². The second kappa shape index (κ2) is 10.4. The SMILES string of the molecule is C[C@H](C(=O)NC1CCCCC1)N(Cc1ccc(Br)cc1)C(=O)CN1C(=O)c2cccc3cccc1c23. The highest BCUT2D eigenvalue weighted by Gasteiger charge is 2.34. The molecule has 0 saturated heterocycles. The lowest BCUT2D eigenvalue weighted by Crippen LogP contribution is -2.52. The Morgan fingerprint density at radius 3 is 2.44 bits per heavy atom. The average Bonchev–Trinajstić information content (AvgIpc) is 3.16. The van der Waals surface area contributed by atoms with E-state index < -0.39 is 6.04 Å². The molecule has 3 aromatic carbocycles. The van der Waals surface area contributed by atoms with Crippen LogP contribution in [0.15, 0.2) is 65.1 Å². The number of hydrogen-bond acceptors (Lipinski definition) is 3. The van der Waals surface area contributed by atoms with Crippen molar-refractivity contribution in [3.05, 3.63) is 76.3 Å². The lowest BCUT2D eigenvalue weighted by Gasteiger charge is -2.32. The second-order valence-electron chi connectivity index (χ2n) is 9.74. The minimum atomic E-state index is -0.668. The number of benzene rings is 3. The molecular formula is C29H30BrN3O3. The van der Waals surface area contributed by atoms with E-state index in [1.165, 1.54) is 6.42 Å². The van der Waals surface area contributed by atoms with Gasteiger partial charge in [-0.25, -0.2) is 0 Å². The summed E-state index contributed by atoms with van der Waals surface area (Å²) in [5, 5.41) is 5.01. The molecule has 1 aliphatic heterocycles. The van der Waals surface area contributed by atoms with E-state index in [9.17, 15) is 14.4 Å². The van der Waals surface area contributed by atoms with Crippen LogP contribution in [0.1, 0.15) is 54.9 Å². The molecule has 1 heterocycles. The summed E-state index contributed by atoms with van der Waals surface area (Å²) in [4.78, 5) is 43.4. The van der Waals surface area contributed by atoms with Crippen LogP contribution in [0.5, 0.6) is 0 Å². The van der Waals surface area contributed by atoms with Gasteiger partial charge in [0.05, 0.1) is 5.69 Å². The maximum atomic E-state index is 13.8. The third-order valence-electron chi connectivity index (χ3n) is 7.33. The fourth-order valence-electron chi connectivity index (χ4n) is 5.30. The number of nitrogens with zero attached hydrogens (tertiary/aromatic N) is 2. The van der Waals surface area contributed by atoms with Crippen LogP contribution >= 0.6 is 15.9 Å². The highest BCUT2D eigenvalue weighted by Crippen LogP contribution is 2.37. The van der Waals surface area contributed by atoms with Gasteiger partial charge >= 0.3 is 0 Å². The number of nitrogens with one attached hydrogen (secondary N) is 1. The second-order valence-corrected chi connectivity index (χ2v) is 10.7. The minimum Gasteiger partial charge on any atom is -0.352 e. The minimum absolute atomic E-state index is 0.121. The molecule has 6 nitrogen and oxygen atoms in total. The Balaban J connectivity index is 1.39. The van der Waals surface area contributed by atoms with E-state index in [2.05, 4.69) is 21.2 Å². The Hall–Kier alpha value is -3.19. The Labute approximate surface area is 219 Å². The fraction of sp³-hybridized carbons (Fsp3) is 0.345. The summed E-state index contributed by atoms with van der Waals surface area (Å²) in [5.74, 6) is -0.592. The topological polar surface area (TPSA) is 69.7 Å². The average molecular weight is 548 g/mol. The zero-order valence-corrected chi connectivity index (χ0v) is 22.0. The number of amides is 3. The number of halogens is 1. The summed E-state index contributed by atoms with van der Waals surface area (Å²) in [6, 6.07) is 18.6. The molecule has 186 valence electrons. The molecule has 3 amide bonds. The van der Waals surface area contributed by atoms with Gasteiger partial charge in [-0.3, -0.25) is 19.3 Å². The van der Waals surface area contributed by atoms with E-state index in [0.29, 0.717) is 5.56 Å². The first-order valence-electron chi connectivity index (χ1n) is 12.6. The van der Waals surface area contributed by atoms with Crippen LogP contribution in [-0.4, -0.2) is 41.2 Å². The first-order chi connectivity index (χ1) is 17.4. The van der Waals surface area contributed by atoms with Gasteiger partial charge in [0.15, 0.2) is 0 Å². The summed E-state index contributed by atoms with van der Waals surface area (Å²) in [6.07, 6.45) is 5.39. The summed E-state index contributed by atoms with van der Waals surface area (Å²) < 4.78 is 0.945. The van der Waals surface area contributed by atoms with E-state index in [4.69, 9.17) is 0 Å². The standard InChI is InChI=1S/C29H30BrN3O3/c1-19(28(35)31-23-9-3-2-4-10-23)32(17-20-13-15-22(30)16-14-20)26(34)18-33-25-12-6-8-21-7-5-11-24(27(21)25)29(33)36/h5-8,11-16,19,23H,2-4,9-10,17-18H2,1H3,(H,31,35)/t19-/m1/s1. The van der Waals surface area contributed by atoms with Crippen molar-refractivity contribution in [3.63, 3.8) is 0 Å². The molecule has 1 fully saturated rings. The molecule has 0 radical (unpaired) electrons. The molecule has 0 spiro atoms. The van der Waals surface area contributed by atoms with Gasteiger partial charge in [0.2, 0.25) is 11.8 Å². The van der Waals surface area contributed by atoms with Crippen molar-refractivity contribution in [3.8, 4) is 0 Å². The maximum Gasteiger partial charge on any atom is 0.259 e. The molecule has 0 unspecified atom stereocenters. The van der Waals surface area contributed by atoms with Crippen LogP contribution < -0.4 is 10.2 Å². The Morgan fingerprint density at radius 2 is 1.72 bits per heavy atom. The molecule has 2 aliphatic rings. The van der Waals surface area contributed by atoms with E-state index in [0.717, 1.165) is 52.2 Å². The van der Waals surface area contributed by atoms with Crippen molar-refractivity contribution in [2.75, 3.05) is 11.4 Å². The maximum absolute atomic E-state index is 13.8. The number of anilines is 1. The van der Waals surface area contributed by atoms with Crippen molar-refractivity contribution in [1.29, 1.82) is 0 Å². The molecule has 0 aromatic heterocycles. The van der Waals surface area contributed by atoms with Crippen LogP contribution in [0.25, 0.3) is 10.8 Å². The molecule has 3 aromatic rings. The molecule has 1 saturated carbocycles. The predicted molar refractivity (Wildman–Crippen MR) is 145 cm³/mol. The van der Waals surface area contributed by atoms with Crippen molar-refractivity contribution < 1.29 is 14.4 Å². The largest absolute Gasteiger partial charge is 0.352 e. The third kappa shape index (κ3) is 4.89. The van der Waals surface area contributed by atoms with Gasteiger partial charge in [-0.1, -0.05) is 71.6 Å². The molecule has 36 heavy (non-hydrogen) atoms. The molecule has 5 rings (SSSR count). The van der Waals surface area contributed by atoms with Gasteiger partial charge in [0.25, 0.3) is 5.91 Å². The Morgan fingerprint density at radius 1 is 1.03 bits per heavy atom. The van der Waals surface area contributed by atoms with Crippen molar-refractivity contribution in [2.24, 2.45) is 0 Å². The summed E-state index contributed by atoms with van der Waals surface area (Å²) in [7, 11) is 0. The molecule has 1 aliphatic carbocycles. The Bertz CT molecular complexity index is 1300. The predicted octanol–water partition coefficient (Wildman–Crippen LogP) is 5.43. The van der Waals surface area contributed by atoms with Gasteiger partial charge in [-0.15, -0.1) is 0 Å². The molecule has 0 bridgehead atoms. The fourth-order valence-corrected chi connectivity index (χ4v) is 5.56.